The molecule has 0 spiro atoms. The normalized spacial score (nSPS) is 10.6. The first-order valence-corrected chi connectivity index (χ1v) is 9.40. The summed E-state index contributed by atoms with van der Waals surface area (Å²) in [5.41, 5.74) is 7.54. The van der Waals surface area contributed by atoms with Gasteiger partial charge in [-0.15, -0.1) is 0 Å². The molecule has 0 saturated carbocycles. The molecule has 120 valence electrons. The molecule has 0 aliphatic rings. The van der Waals surface area contributed by atoms with Gasteiger partial charge in [0.25, 0.3) is 0 Å². The van der Waals surface area contributed by atoms with Crippen LogP contribution in [-0.2, 0) is 0 Å². The monoisotopic (exact) mass is 432 g/mol. The Hall–Kier alpha value is -2.39. The van der Waals surface area contributed by atoms with Crippen molar-refractivity contribution >= 4 is 22.6 Å². The van der Waals surface area contributed by atoms with Crippen molar-refractivity contribution in [3.63, 3.8) is 0 Å². The molecule has 4 aromatic rings. The van der Waals surface area contributed by atoms with Crippen molar-refractivity contribution in [2.75, 3.05) is 0 Å². The summed E-state index contributed by atoms with van der Waals surface area (Å²) >= 11 is 2.41. The maximum atomic E-state index is 2.41. The highest BCUT2D eigenvalue weighted by atomic mass is 127. The zero-order valence-corrected chi connectivity index (χ0v) is 15.9. The van der Waals surface area contributed by atoms with Gasteiger partial charge in [0.2, 0.25) is 0 Å². The topological polar surface area (TPSA) is 0 Å². The Morgan fingerprint density at radius 2 is 0.880 bits per heavy atom. The molecule has 25 heavy (non-hydrogen) atoms. The second-order valence-electron chi connectivity index (χ2n) is 6.01. The molecular formula is C24H17I. The standard InChI is InChI=1S/C24H17I/c25-22-16-20(18-9-3-1-4-10-18)15-21(17-22)24-14-8-7-13-23(24)19-11-5-2-6-12-19/h1-17H. The number of halogens is 1. The maximum absolute atomic E-state index is 2.41. The highest BCUT2D eigenvalue weighted by Gasteiger charge is 2.09. The van der Waals surface area contributed by atoms with Crippen molar-refractivity contribution in [1.82, 2.24) is 0 Å². The fourth-order valence-electron chi connectivity index (χ4n) is 3.15. The SMILES string of the molecule is Ic1cc(-c2ccccc2)cc(-c2ccccc2-c2ccccc2)c1. The number of benzene rings is 4. The molecule has 0 aliphatic carbocycles. The van der Waals surface area contributed by atoms with E-state index in [0.29, 0.717) is 0 Å². The highest BCUT2D eigenvalue weighted by molar-refractivity contribution is 14.1. The summed E-state index contributed by atoms with van der Waals surface area (Å²) in [5.74, 6) is 0. The lowest BCUT2D eigenvalue weighted by molar-refractivity contribution is 1.55. The molecule has 0 N–H and O–H groups in total. The third kappa shape index (κ3) is 3.52. The van der Waals surface area contributed by atoms with Crippen molar-refractivity contribution in [1.29, 1.82) is 0 Å². The van der Waals surface area contributed by atoms with Gasteiger partial charge >= 0.3 is 0 Å². The molecule has 1 heteroatoms. The fourth-order valence-corrected chi connectivity index (χ4v) is 3.82. The van der Waals surface area contributed by atoms with E-state index >= 15 is 0 Å². The Morgan fingerprint density at radius 1 is 0.400 bits per heavy atom. The quantitative estimate of drug-likeness (QED) is 0.298. The van der Waals surface area contributed by atoms with Crippen molar-refractivity contribution in [2.24, 2.45) is 0 Å². The molecule has 4 rings (SSSR count). The Morgan fingerprint density at radius 3 is 1.52 bits per heavy atom. The van der Waals surface area contributed by atoms with E-state index in [1.807, 2.05) is 0 Å². The van der Waals surface area contributed by atoms with Crippen LogP contribution in [0.2, 0.25) is 0 Å². The van der Waals surface area contributed by atoms with Crippen LogP contribution in [0.15, 0.2) is 103 Å². The average Bonchev–Trinajstić information content (AvgIpc) is 2.69. The first kappa shape index (κ1) is 16.1. The summed E-state index contributed by atoms with van der Waals surface area (Å²) in [5, 5.41) is 0. The lowest BCUT2D eigenvalue weighted by atomic mass is 9.93. The molecule has 0 saturated heterocycles. The number of hydrogen-bond acceptors (Lipinski definition) is 0. The lowest BCUT2D eigenvalue weighted by Crippen LogP contribution is -1.88. The summed E-state index contributed by atoms with van der Waals surface area (Å²) in [6.45, 7) is 0. The van der Waals surface area contributed by atoms with Gasteiger partial charge in [-0.25, -0.2) is 0 Å². The summed E-state index contributed by atoms with van der Waals surface area (Å²) in [6.07, 6.45) is 0. The van der Waals surface area contributed by atoms with Gasteiger partial charge in [0.05, 0.1) is 0 Å². The first-order chi connectivity index (χ1) is 12.3. The average molecular weight is 432 g/mol. The molecule has 0 nitrogen and oxygen atoms in total. The summed E-state index contributed by atoms with van der Waals surface area (Å²) < 4.78 is 1.25. The van der Waals surface area contributed by atoms with Crippen LogP contribution in [0.4, 0.5) is 0 Å². The second kappa shape index (κ2) is 7.24. The van der Waals surface area contributed by atoms with Crippen molar-refractivity contribution in [3.05, 3.63) is 107 Å². The molecule has 0 aliphatic heterocycles. The van der Waals surface area contributed by atoms with Gasteiger partial charge in [-0.1, -0.05) is 84.9 Å². The van der Waals surface area contributed by atoms with Crippen LogP contribution < -0.4 is 0 Å². The molecular weight excluding hydrogens is 415 g/mol. The van der Waals surface area contributed by atoms with Crippen LogP contribution in [0, 0.1) is 3.57 Å². The summed E-state index contributed by atoms with van der Waals surface area (Å²) in [6, 6.07) is 36.6. The third-order valence-electron chi connectivity index (χ3n) is 4.33. The van der Waals surface area contributed by atoms with E-state index in [0.717, 1.165) is 0 Å². The van der Waals surface area contributed by atoms with Gasteiger partial charge in [0, 0.05) is 3.57 Å². The van der Waals surface area contributed by atoms with Crippen molar-refractivity contribution in [2.45, 2.75) is 0 Å². The van der Waals surface area contributed by atoms with Gasteiger partial charge in [-0.3, -0.25) is 0 Å². The molecule has 0 heterocycles. The Balaban J connectivity index is 1.88. The summed E-state index contributed by atoms with van der Waals surface area (Å²) in [4.78, 5) is 0. The molecule has 0 amide bonds. The summed E-state index contributed by atoms with van der Waals surface area (Å²) in [7, 11) is 0. The molecule has 0 bridgehead atoms. The highest BCUT2D eigenvalue weighted by Crippen LogP contribution is 2.35. The predicted molar refractivity (Wildman–Crippen MR) is 115 cm³/mol. The smallest absolute Gasteiger partial charge is 0.0142 e. The van der Waals surface area contributed by atoms with E-state index in [9.17, 15) is 0 Å². The van der Waals surface area contributed by atoms with Gasteiger partial charge in [0.1, 0.15) is 0 Å². The number of hydrogen-bond donors (Lipinski definition) is 0. The molecule has 0 unspecified atom stereocenters. The Kier molecular flexibility index (Phi) is 4.66. The minimum absolute atomic E-state index is 1.25. The van der Waals surface area contributed by atoms with Crippen molar-refractivity contribution in [3.8, 4) is 33.4 Å². The predicted octanol–water partition coefficient (Wildman–Crippen LogP) is 7.29. The third-order valence-corrected chi connectivity index (χ3v) is 4.95. The first-order valence-electron chi connectivity index (χ1n) is 8.32. The molecule has 0 radical (unpaired) electrons. The second-order valence-corrected chi connectivity index (χ2v) is 7.25. The van der Waals surface area contributed by atoms with E-state index in [4.69, 9.17) is 0 Å². The van der Waals surface area contributed by atoms with Crippen LogP contribution in [0.25, 0.3) is 33.4 Å². The molecule has 0 aromatic heterocycles. The van der Waals surface area contributed by atoms with E-state index in [1.54, 1.807) is 0 Å². The number of rotatable bonds is 3. The molecule has 0 fully saturated rings. The minimum atomic E-state index is 1.25. The van der Waals surface area contributed by atoms with E-state index in [-0.39, 0.29) is 0 Å². The van der Waals surface area contributed by atoms with E-state index < -0.39 is 0 Å². The largest absolute Gasteiger partial charge is 0.0622 e. The molecule has 0 atom stereocenters. The maximum Gasteiger partial charge on any atom is 0.0142 e. The Bertz CT molecular complexity index is 989. The van der Waals surface area contributed by atoms with Gasteiger partial charge < -0.3 is 0 Å². The van der Waals surface area contributed by atoms with Crippen LogP contribution in [0.1, 0.15) is 0 Å². The zero-order chi connectivity index (χ0) is 17.1. The minimum Gasteiger partial charge on any atom is -0.0622 e. The van der Waals surface area contributed by atoms with Crippen LogP contribution in [0.5, 0.6) is 0 Å². The fraction of sp³-hybridized carbons (Fsp3) is 0. The van der Waals surface area contributed by atoms with Gasteiger partial charge in [0.15, 0.2) is 0 Å². The van der Waals surface area contributed by atoms with Crippen LogP contribution >= 0.6 is 22.6 Å². The van der Waals surface area contributed by atoms with Crippen LogP contribution in [-0.4, -0.2) is 0 Å². The van der Waals surface area contributed by atoms with Crippen LogP contribution in [0.3, 0.4) is 0 Å². The van der Waals surface area contributed by atoms with E-state index in [1.165, 1.54) is 37.0 Å². The van der Waals surface area contributed by atoms with E-state index in [2.05, 4.69) is 126 Å². The van der Waals surface area contributed by atoms with Crippen molar-refractivity contribution < 1.29 is 0 Å². The Labute approximate surface area is 162 Å². The molecule has 4 aromatic carbocycles. The zero-order valence-electron chi connectivity index (χ0n) is 13.7. The van der Waals surface area contributed by atoms with Gasteiger partial charge in [-0.05, 0) is 74.2 Å². The lowest BCUT2D eigenvalue weighted by Gasteiger charge is -2.12. The van der Waals surface area contributed by atoms with Gasteiger partial charge in [-0.2, -0.15) is 0 Å².